The first-order valence-electron chi connectivity index (χ1n) is 8.42. The van der Waals surface area contributed by atoms with Gasteiger partial charge in [-0.25, -0.2) is 0 Å². The first kappa shape index (κ1) is 18.5. The van der Waals surface area contributed by atoms with E-state index >= 15 is 0 Å². The van der Waals surface area contributed by atoms with Crippen molar-refractivity contribution >= 4 is 40.0 Å². The molecule has 0 bridgehead atoms. The fourth-order valence-electron chi connectivity index (χ4n) is 2.31. The lowest BCUT2D eigenvalue weighted by Crippen LogP contribution is -2.16. The third kappa shape index (κ3) is 5.08. The van der Waals surface area contributed by atoms with E-state index in [9.17, 15) is 9.59 Å². The number of anilines is 2. The van der Waals surface area contributed by atoms with Gasteiger partial charge >= 0.3 is 0 Å². The van der Waals surface area contributed by atoms with Crippen molar-refractivity contribution < 1.29 is 9.59 Å². The highest BCUT2D eigenvalue weighted by Crippen LogP contribution is 2.20. The number of amides is 2. The molecule has 0 aliphatic rings. The molecule has 27 heavy (non-hydrogen) atoms. The maximum atomic E-state index is 12.6. The van der Waals surface area contributed by atoms with Crippen LogP contribution in [0.5, 0.6) is 0 Å². The summed E-state index contributed by atoms with van der Waals surface area (Å²) in [4.78, 5) is 24.8. The molecule has 0 aliphatic heterocycles. The quantitative estimate of drug-likeness (QED) is 0.635. The average Bonchev–Trinajstić information content (AvgIpc) is 3.15. The summed E-state index contributed by atoms with van der Waals surface area (Å²) in [6.45, 7) is 1.97. The molecule has 0 saturated carbocycles. The second-order valence-corrected chi connectivity index (χ2v) is 6.65. The number of carbonyl (C=O) groups excluding carboxylic acids is 2. The molecule has 2 N–H and O–H groups in total. The highest BCUT2D eigenvalue weighted by Gasteiger charge is 2.14. The zero-order valence-electron chi connectivity index (χ0n) is 14.7. The summed E-state index contributed by atoms with van der Waals surface area (Å²) in [6.07, 6.45) is 3.90. The maximum Gasteiger partial charge on any atom is 0.259 e. The molecule has 0 unspecified atom stereocenters. The van der Waals surface area contributed by atoms with Crippen molar-refractivity contribution in [3.63, 3.8) is 0 Å². The summed E-state index contributed by atoms with van der Waals surface area (Å²) in [6, 6.07) is 16.3. The monoisotopic (exact) mass is 378 g/mol. The van der Waals surface area contributed by atoms with E-state index in [4.69, 9.17) is 0 Å². The fourth-order valence-corrected chi connectivity index (χ4v) is 2.99. The lowest BCUT2D eigenvalue weighted by molar-refractivity contribution is -0.111. The summed E-state index contributed by atoms with van der Waals surface area (Å²) < 4.78 is 0. The van der Waals surface area contributed by atoms with Gasteiger partial charge in [-0.15, -0.1) is 10.2 Å². The molecule has 0 radical (unpaired) electrons. The Bertz CT molecular complexity index is 967. The van der Waals surface area contributed by atoms with Crippen LogP contribution in [-0.4, -0.2) is 22.0 Å². The molecule has 0 spiro atoms. The third-order valence-corrected chi connectivity index (χ3v) is 4.63. The van der Waals surface area contributed by atoms with Gasteiger partial charge in [-0.1, -0.05) is 60.7 Å². The molecule has 3 rings (SSSR count). The van der Waals surface area contributed by atoms with Crippen molar-refractivity contribution in [3.05, 3.63) is 76.8 Å². The summed E-state index contributed by atoms with van der Waals surface area (Å²) in [5.41, 5.74) is 1.70. The van der Waals surface area contributed by atoms with Gasteiger partial charge < -0.3 is 5.32 Å². The van der Waals surface area contributed by atoms with Crippen molar-refractivity contribution in [3.8, 4) is 0 Å². The van der Waals surface area contributed by atoms with Crippen molar-refractivity contribution in [1.82, 2.24) is 10.2 Å². The molecule has 2 amide bonds. The van der Waals surface area contributed by atoms with Crippen LogP contribution in [-0.2, 0) is 11.2 Å². The number of aromatic nitrogens is 2. The van der Waals surface area contributed by atoms with Crippen LogP contribution in [0.15, 0.2) is 60.7 Å². The number of hydrogen-bond acceptors (Lipinski definition) is 5. The van der Waals surface area contributed by atoms with Crippen LogP contribution in [0.4, 0.5) is 10.8 Å². The van der Waals surface area contributed by atoms with E-state index in [-0.39, 0.29) is 11.8 Å². The molecule has 2 aromatic carbocycles. The van der Waals surface area contributed by atoms with Gasteiger partial charge in [0.05, 0.1) is 11.3 Å². The van der Waals surface area contributed by atoms with Crippen LogP contribution >= 0.6 is 11.3 Å². The van der Waals surface area contributed by atoms with Gasteiger partial charge in [-0.3, -0.25) is 14.9 Å². The fraction of sp³-hybridized carbons (Fsp3) is 0.100. The highest BCUT2D eigenvalue weighted by atomic mass is 32.1. The topological polar surface area (TPSA) is 84.0 Å². The van der Waals surface area contributed by atoms with Gasteiger partial charge in [0.15, 0.2) is 0 Å². The van der Waals surface area contributed by atoms with Crippen LogP contribution in [0, 0.1) is 0 Å². The molecule has 1 aromatic heterocycles. The summed E-state index contributed by atoms with van der Waals surface area (Å²) in [7, 11) is 0. The Hall–Kier alpha value is -3.32. The van der Waals surface area contributed by atoms with Crippen LogP contribution in [0.2, 0.25) is 0 Å². The number of carbonyl (C=O) groups is 2. The highest BCUT2D eigenvalue weighted by molar-refractivity contribution is 7.15. The summed E-state index contributed by atoms with van der Waals surface area (Å²) >= 11 is 1.33. The lowest BCUT2D eigenvalue weighted by atomic mass is 10.1. The molecule has 136 valence electrons. The summed E-state index contributed by atoms with van der Waals surface area (Å²) in [5.74, 6) is -0.667. The SMILES string of the molecule is CCc1nnc(NC(=O)c2ccccc2NC(=O)/C=C/c2ccccc2)s1. The molecule has 0 fully saturated rings. The minimum absolute atomic E-state index is 0.316. The normalized spacial score (nSPS) is 10.7. The summed E-state index contributed by atoms with van der Waals surface area (Å²) in [5, 5.41) is 14.7. The van der Waals surface area contributed by atoms with E-state index < -0.39 is 0 Å². The molecule has 0 saturated heterocycles. The van der Waals surface area contributed by atoms with Gasteiger partial charge in [-0.05, 0) is 30.2 Å². The van der Waals surface area contributed by atoms with E-state index in [0.717, 1.165) is 17.0 Å². The van der Waals surface area contributed by atoms with E-state index in [0.29, 0.717) is 16.4 Å². The van der Waals surface area contributed by atoms with Crippen molar-refractivity contribution in [2.75, 3.05) is 10.6 Å². The number of benzene rings is 2. The van der Waals surface area contributed by atoms with E-state index in [1.807, 2.05) is 37.3 Å². The number of para-hydroxylation sites is 1. The van der Waals surface area contributed by atoms with Gasteiger partial charge in [-0.2, -0.15) is 0 Å². The molecule has 1 heterocycles. The van der Waals surface area contributed by atoms with Crippen molar-refractivity contribution in [2.45, 2.75) is 13.3 Å². The smallest absolute Gasteiger partial charge is 0.259 e. The first-order chi connectivity index (χ1) is 13.2. The second-order valence-electron chi connectivity index (χ2n) is 5.59. The van der Waals surface area contributed by atoms with Crippen LogP contribution < -0.4 is 10.6 Å². The van der Waals surface area contributed by atoms with Gasteiger partial charge in [0, 0.05) is 6.08 Å². The van der Waals surface area contributed by atoms with Crippen LogP contribution in [0.25, 0.3) is 6.08 Å². The number of rotatable bonds is 6. The molecule has 6 nitrogen and oxygen atoms in total. The molecule has 3 aromatic rings. The molecule has 0 aliphatic carbocycles. The van der Waals surface area contributed by atoms with Crippen molar-refractivity contribution in [2.24, 2.45) is 0 Å². The zero-order chi connectivity index (χ0) is 19.1. The number of hydrogen-bond donors (Lipinski definition) is 2. The lowest BCUT2D eigenvalue weighted by Gasteiger charge is -2.09. The molecule has 7 heteroatoms. The van der Waals surface area contributed by atoms with Crippen molar-refractivity contribution in [1.29, 1.82) is 0 Å². The number of nitrogens with zero attached hydrogens (tertiary/aromatic N) is 2. The second kappa shape index (κ2) is 8.86. The zero-order valence-corrected chi connectivity index (χ0v) is 15.5. The third-order valence-electron chi connectivity index (χ3n) is 3.65. The number of nitrogens with one attached hydrogen (secondary N) is 2. The Morgan fingerprint density at radius 2 is 1.74 bits per heavy atom. The maximum absolute atomic E-state index is 12.6. The Morgan fingerprint density at radius 1 is 1.00 bits per heavy atom. The Balaban J connectivity index is 1.70. The average molecular weight is 378 g/mol. The van der Waals surface area contributed by atoms with E-state index in [2.05, 4.69) is 20.8 Å². The molecular weight excluding hydrogens is 360 g/mol. The standard InChI is InChI=1S/C20H18N4O2S/c1-2-18-23-24-20(27-18)22-19(26)15-10-6-7-11-16(15)21-17(25)13-12-14-8-4-3-5-9-14/h3-13H,2H2,1H3,(H,21,25)(H,22,24,26)/b13-12+. The molecule has 0 atom stereocenters. The van der Waals surface area contributed by atoms with Crippen LogP contribution in [0.3, 0.4) is 0 Å². The Kier molecular flexibility index (Phi) is 6.06. The van der Waals surface area contributed by atoms with Crippen LogP contribution in [0.1, 0.15) is 27.9 Å². The van der Waals surface area contributed by atoms with E-state index in [1.165, 1.54) is 17.4 Å². The molecular formula is C20H18N4O2S. The predicted octanol–water partition coefficient (Wildman–Crippen LogP) is 4.00. The number of aryl methyl sites for hydroxylation is 1. The van der Waals surface area contributed by atoms with Gasteiger partial charge in [0.25, 0.3) is 5.91 Å². The minimum Gasteiger partial charge on any atom is -0.322 e. The largest absolute Gasteiger partial charge is 0.322 e. The Labute approximate surface area is 161 Å². The minimum atomic E-state index is -0.350. The van der Waals surface area contributed by atoms with E-state index in [1.54, 1.807) is 30.3 Å². The predicted molar refractivity (Wildman–Crippen MR) is 108 cm³/mol. The van der Waals surface area contributed by atoms with Gasteiger partial charge in [0.1, 0.15) is 5.01 Å². The Morgan fingerprint density at radius 3 is 2.48 bits per heavy atom. The first-order valence-corrected chi connectivity index (χ1v) is 9.24. The van der Waals surface area contributed by atoms with Gasteiger partial charge in [0.2, 0.25) is 11.0 Å².